The lowest BCUT2D eigenvalue weighted by Crippen LogP contribution is -2.20. The molecule has 0 spiro atoms. The molecule has 1 amide bonds. The molecule has 0 radical (unpaired) electrons. The van der Waals surface area contributed by atoms with Crippen molar-refractivity contribution in [2.24, 2.45) is 0 Å². The summed E-state index contributed by atoms with van der Waals surface area (Å²) >= 11 is 12.2. The van der Waals surface area contributed by atoms with Gasteiger partial charge in [0.1, 0.15) is 0 Å². The summed E-state index contributed by atoms with van der Waals surface area (Å²) in [4.78, 5) is 13.5. The number of nitrogens with zero attached hydrogens (tertiary/aromatic N) is 1. The number of halogens is 2. The summed E-state index contributed by atoms with van der Waals surface area (Å²) in [7, 11) is 1.72. The summed E-state index contributed by atoms with van der Waals surface area (Å²) in [6.07, 6.45) is 0. The van der Waals surface area contributed by atoms with Crippen LogP contribution in [0.5, 0.6) is 0 Å². The average molecular weight is 252 g/mol. The second-order valence-electron chi connectivity index (χ2n) is 3.78. The Balaban J connectivity index is 2.59. The molecule has 2 aromatic rings. The number of carbonyl (C=O) groups is 1. The van der Waals surface area contributed by atoms with Crippen molar-refractivity contribution in [1.82, 2.24) is 0 Å². The molecule has 16 heavy (non-hydrogen) atoms. The molecule has 4 heteroatoms. The largest absolute Gasteiger partial charge is 0.309 e. The molecule has 0 atom stereocenters. The van der Waals surface area contributed by atoms with Crippen LogP contribution in [0.1, 0.15) is 10.4 Å². The quantitative estimate of drug-likeness (QED) is 0.699. The van der Waals surface area contributed by atoms with E-state index < -0.39 is 0 Å². The van der Waals surface area contributed by atoms with E-state index in [1.165, 1.54) is 0 Å². The summed E-state index contributed by atoms with van der Waals surface area (Å²) in [5, 5.41) is 2.82. The van der Waals surface area contributed by atoms with E-state index in [4.69, 9.17) is 23.2 Å². The van der Waals surface area contributed by atoms with Crippen LogP contribution in [0.2, 0.25) is 10.0 Å². The van der Waals surface area contributed by atoms with Gasteiger partial charge in [-0.2, -0.15) is 0 Å². The Morgan fingerprint density at radius 3 is 2.69 bits per heavy atom. The van der Waals surface area contributed by atoms with E-state index in [0.29, 0.717) is 15.6 Å². The van der Waals surface area contributed by atoms with Gasteiger partial charge in [-0.05, 0) is 12.1 Å². The molecule has 0 aromatic heterocycles. The lowest BCUT2D eigenvalue weighted by molar-refractivity contribution is 0.0999. The molecule has 0 saturated carbocycles. The van der Waals surface area contributed by atoms with Crippen LogP contribution in [0.4, 0.5) is 5.69 Å². The molecule has 0 bridgehead atoms. The molecular formula is C12H7Cl2NO. The van der Waals surface area contributed by atoms with Crippen LogP contribution in [0, 0.1) is 0 Å². The van der Waals surface area contributed by atoms with E-state index in [1.807, 2.05) is 12.1 Å². The number of hydrogen-bond donors (Lipinski definition) is 0. The first-order chi connectivity index (χ1) is 7.61. The van der Waals surface area contributed by atoms with Crippen LogP contribution in [-0.4, -0.2) is 13.0 Å². The zero-order chi connectivity index (χ0) is 11.4. The van der Waals surface area contributed by atoms with Gasteiger partial charge in [-0.25, -0.2) is 0 Å². The molecule has 1 aliphatic heterocycles. The maximum Gasteiger partial charge on any atom is 0.258 e. The Morgan fingerprint density at radius 2 is 1.94 bits per heavy atom. The number of benzene rings is 2. The lowest BCUT2D eigenvalue weighted by atomic mass is 10.1. The summed E-state index contributed by atoms with van der Waals surface area (Å²) < 4.78 is 0. The van der Waals surface area contributed by atoms with Crippen molar-refractivity contribution in [3.8, 4) is 0 Å². The number of hydrogen-bond acceptors (Lipinski definition) is 1. The van der Waals surface area contributed by atoms with Crippen LogP contribution < -0.4 is 4.90 Å². The van der Waals surface area contributed by atoms with Crippen molar-refractivity contribution in [2.75, 3.05) is 11.9 Å². The fourth-order valence-corrected chi connectivity index (χ4v) is 2.82. The zero-order valence-corrected chi connectivity index (χ0v) is 9.93. The van der Waals surface area contributed by atoms with Crippen molar-refractivity contribution in [3.05, 3.63) is 39.9 Å². The molecule has 3 rings (SSSR count). The highest BCUT2D eigenvalue weighted by molar-refractivity contribution is 6.44. The predicted molar refractivity (Wildman–Crippen MR) is 66.7 cm³/mol. The highest BCUT2D eigenvalue weighted by Crippen LogP contribution is 2.44. The minimum atomic E-state index is -0.0373. The van der Waals surface area contributed by atoms with E-state index >= 15 is 0 Å². The third-order valence-electron chi connectivity index (χ3n) is 2.91. The van der Waals surface area contributed by atoms with Gasteiger partial charge in [-0.3, -0.25) is 4.79 Å². The summed E-state index contributed by atoms with van der Waals surface area (Å²) in [5.41, 5.74) is 1.42. The van der Waals surface area contributed by atoms with Crippen molar-refractivity contribution in [1.29, 1.82) is 0 Å². The maximum atomic E-state index is 12.0. The monoisotopic (exact) mass is 251 g/mol. The van der Waals surface area contributed by atoms with Crippen LogP contribution in [0.25, 0.3) is 10.8 Å². The lowest BCUT2D eigenvalue weighted by Gasteiger charge is -2.12. The molecule has 0 N–H and O–H groups in total. The number of amides is 1. The minimum absolute atomic E-state index is 0.0373. The first-order valence-corrected chi connectivity index (χ1v) is 5.55. The van der Waals surface area contributed by atoms with Gasteiger partial charge in [0.15, 0.2) is 0 Å². The molecule has 0 saturated heterocycles. The van der Waals surface area contributed by atoms with Crippen molar-refractivity contribution in [3.63, 3.8) is 0 Å². The van der Waals surface area contributed by atoms with E-state index in [2.05, 4.69) is 0 Å². The molecule has 2 aromatic carbocycles. The fraction of sp³-hybridized carbons (Fsp3) is 0.0833. The van der Waals surface area contributed by atoms with Crippen molar-refractivity contribution >= 4 is 45.6 Å². The zero-order valence-electron chi connectivity index (χ0n) is 8.42. The fourth-order valence-electron chi connectivity index (χ4n) is 2.17. The Morgan fingerprint density at radius 1 is 1.19 bits per heavy atom. The van der Waals surface area contributed by atoms with Crippen molar-refractivity contribution < 1.29 is 4.79 Å². The predicted octanol–water partition coefficient (Wildman–Crippen LogP) is 3.74. The van der Waals surface area contributed by atoms with Gasteiger partial charge in [-0.1, -0.05) is 35.3 Å². The van der Waals surface area contributed by atoms with Crippen molar-refractivity contribution in [2.45, 2.75) is 0 Å². The first-order valence-electron chi connectivity index (χ1n) is 4.80. The van der Waals surface area contributed by atoms with E-state index in [-0.39, 0.29) is 5.91 Å². The smallest absolute Gasteiger partial charge is 0.258 e. The van der Waals surface area contributed by atoms with Gasteiger partial charge >= 0.3 is 0 Å². The molecular weight excluding hydrogens is 245 g/mol. The highest BCUT2D eigenvalue weighted by Gasteiger charge is 2.29. The topological polar surface area (TPSA) is 20.3 Å². The van der Waals surface area contributed by atoms with Crippen LogP contribution in [0.3, 0.4) is 0 Å². The number of carbonyl (C=O) groups excluding carboxylic acids is 1. The molecule has 0 fully saturated rings. The Kier molecular flexibility index (Phi) is 1.94. The second-order valence-corrected chi connectivity index (χ2v) is 4.60. The Bertz CT molecular complexity index is 636. The molecule has 1 heterocycles. The third kappa shape index (κ3) is 1.06. The molecule has 0 aliphatic carbocycles. The Labute approximate surface area is 102 Å². The summed E-state index contributed by atoms with van der Waals surface area (Å²) in [5.74, 6) is -0.0373. The van der Waals surface area contributed by atoms with Gasteiger partial charge in [0.05, 0.1) is 15.7 Å². The molecule has 80 valence electrons. The van der Waals surface area contributed by atoms with Crippen LogP contribution >= 0.6 is 23.2 Å². The van der Waals surface area contributed by atoms with Crippen LogP contribution in [0.15, 0.2) is 24.3 Å². The number of rotatable bonds is 0. The summed E-state index contributed by atoms with van der Waals surface area (Å²) in [6.45, 7) is 0. The highest BCUT2D eigenvalue weighted by atomic mass is 35.5. The van der Waals surface area contributed by atoms with Gasteiger partial charge in [0.2, 0.25) is 0 Å². The maximum absolute atomic E-state index is 12.0. The number of anilines is 1. The first kappa shape index (κ1) is 9.94. The third-order valence-corrected chi connectivity index (χ3v) is 3.51. The molecule has 0 unspecified atom stereocenters. The average Bonchev–Trinajstić information content (AvgIpc) is 2.51. The van der Waals surface area contributed by atoms with Gasteiger partial charge in [0.25, 0.3) is 5.91 Å². The minimum Gasteiger partial charge on any atom is -0.309 e. The van der Waals surface area contributed by atoms with E-state index in [9.17, 15) is 4.79 Å². The molecule has 1 aliphatic rings. The second kappa shape index (κ2) is 3.12. The van der Waals surface area contributed by atoms with Gasteiger partial charge in [-0.15, -0.1) is 0 Å². The standard InChI is InChI=1S/C12H7Cl2NO/c1-15-11-9(14)5-8(13)6-3-2-4-7(10(6)11)12(15)16/h2-5H,1H3. The summed E-state index contributed by atoms with van der Waals surface area (Å²) in [6, 6.07) is 7.20. The van der Waals surface area contributed by atoms with E-state index in [0.717, 1.165) is 16.5 Å². The van der Waals surface area contributed by atoms with Gasteiger partial charge < -0.3 is 4.90 Å². The SMILES string of the molecule is CN1C(=O)c2cccc3c(Cl)cc(Cl)c1c23. The molecule has 2 nitrogen and oxygen atoms in total. The van der Waals surface area contributed by atoms with Gasteiger partial charge in [0, 0.05) is 23.4 Å². The van der Waals surface area contributed by atoms with Crippen LogP contribution in [-0.2, 0) is 0 Å². The normalized spacial score (nSPS) is 13.9. The van der Waals surface area contributed by atoms with E-state index in [1.54, 1.807) is 24.1 Å². The Hall–Kier alpha value is -1.25.